The van der Waals surface area contributed by atoms with Gasteiger partial charge in [0.15, 0.2) is 0 Å². The molecule has 1 aromatic heterocycles. The molecule has 1 N–H and O–H groups in total. The van der Waals surface area contributed by atoms with Crippen molar-refractivity contribution in [3.8, 4) is 0 Å². The molecule has 2 fully saturated rings. The second kappa shape index (κ2) is 6.13. The number of H-pyrrole nitrogens is 1. The van der Waals surface area contributed by atoms with Crippen LogP contribution in [0, 0.1) is 0 Å². The van der Waals surface area contributed by atoms with E-state index in [4.69, 9.17) is 4.74 Å². The van der Waals surface area contributed by atoms with Gasteiger partial charge in [-0.15, -0.1) is 5.10 Å². The molecule has 2 aliphatic rings. The highest BCUT2D eigenvalue weighted by Gasteiger charge is 2.32. The van der Waals surface area contributed by atoms with Gasteiger partial charge in [0.2, 0.25) is 5.82 Å². The Morgan fingerprint density at radius 2 is 2.35 bits per heavy atom. The molecule has 1 saturated heterocycles. The molecule has 20 heavy (non-hydrogen) atoms. The molecule has 0 radical (unpaired) electrons. The predicted octanol–water partition coefficient (Wildman–Crippen LogP) is 1.28. The molecule has 1 aliphatic carbocycles. The molecule has 2 heterocycles. The van der Waals surface area contributed by atoms with Gasteiger partial charge in [-0.05, 0) is 25.0 Å². The van der Waals surface area contributed by atoms with Crippen LogP contribution in [0.1, 0.15) is 41.6 Å². The van der Waals surface area contributed by atoms with E-state index in [0.29, 0.717) is 24.9 Å². The third-order valence-corrected chi connectivity index (χ3v) is 4.95. The minimum Gasteiger partial charge on any atom is -0.383 e. The van der Waals surface area contributed by atoms with E-state index in [1.807, 2.05) is 16.7 Å². The van der Waals surface area contributed by atoms with Crippen LogP contribution in [0.2, 0.25) is 0 Å². The molecule has 1 aliphatic heterocycles. The second-order valence-corrected chi connectivity index (χ2v) is 6.48. The van der Waals surface area contributed by atoms with Crippen LogP contribution < -0.4 is 0 Å². The van der Waals surface area contributed by atoms with E-state index in [2.05, 4.69) is 15.2 Å². The Bertz CT molecular complexity index is 469. The largest absolute Gasteiger partial charge is 0.383 e. The van der Waals surface area contributed by atoms with Crippen LogP contribution >= 0.6 is 11.8 Å². The summed E-state index contributed by atoms with van der Waals surface area (Å²) < 4.78 is 5.12. The van der Waals surface area contributed by atoms with Gasteiger partial charge in [-0.2, -0.15) is 11.8 Å². The van der Waals surface area contributed by atoms with Gasteiger partial charge >= 0.3 is 0 Å². The van der Waals surface area contributed by atoms with Crippen molar-refractivity contribution in [2.24, 2.45) is 0 Å². The van der Waals surface area contributed by atoms with Gasteiger partial charge in [-0.1, -0.05) is 0 Å². The van der Waals surface area contributed by atoms with Gasteiger partial charge in [0.1, 0.15) is 5.82 Å². The summed E-state index contributed by atoms with van der Waals surface area (Å²) in [5.41, 5.74) is 0. The molecule has 110 valence electrons. The maximum atomic E-state index is 12.6. The molecule has 1 saturated carbocycles. The smallest absolute Gasteiger partial charge is 0.293 e. The zero-order valence-corrected chi connectivity index (χ0v) is 12.5. The molecule has 1 amide bonds. The fourth-order valence-corrected chi connectivity index (χ4v) is 3.67. The summed E-state index contributed by atoms with van der Waals surface area (Å²) in [6.07, 6.45) is 3.34. The number of ether oxygens (including phenoxy) is 1. The number of rotatable bonds is 6. The number of nitrogens with one attached hydrogen (secondary N) is 1. The first-order chi connectivity index (χ1) is 9.79. The average molecular weight is 296 g/mol. The van der Waals surface area contributed by atoms with E-state index in [1.54, 1.807) is 7.11 Å². The number of methoxy groups -OCH3 is 1. The lowest BCUT2D eigenvalue weighted by Crippen LogP contribution is -2.42. The Morgan fingerprint density at radius 3 is 3.00 bits per heavy atom. The molecular formula is C13H20N4O2S. The Balaban J connectivity index is 1.71. The molecule has 1 atom stereocenters. The van der Waals surface area contributed by atoms with Crippen molar-refractivity contribution >= 4 is 17.7 Å². The number of thioether (sulfide) groups is 1. The molecule has 3 rings (SSSR count). The summed E-state index contributed by atoms with van der Waals surface area (Å²) >= 11 is 1.89. The molecular weight excluding hydrogens is 276 g/mol. The van der Waals surface area contributed by atoms with Gasteiger partial charge < -0.3 is 9.64 Å². The van der Waals surface area contributed by atoms with Crippen LogP contribution in [-0.2, 0) is 4.74 Å². The average Bonchev–Trinajstić information content (AvgIpc) is 2.98. The van der Waals surface area contributed by atoms with E-state index in [0.717, 1.165) is 36.6 Å². The number of hydrogen-bond donors (Lipinski definition) is 1. The first kappa shape index (κ1) is 13.9. The summed E-state index contributed by atoms with van der Waals surface area (Å²) in [5.74, 6) is 3.69. The Kier molecular flexibility index (Phi) is 4.26. The zero-order valence-electron chi connectivity index (χ0n) is 11.7. The van der Waals surface area contributed by atoms with Crippen LogP contribution in [0.15, 0.2) is 0 Å². The first-order valence-electron chi connectivity index (χ1n) is 7.09. The van der Waals surface area contributed by atoms with Crippen LogP contribution in [0.3, 0.4) is 0 Å². The fraction of sp³-hybridized carbons (Fsp3) is 0.769. The van der Waals surface area contributed by atoms with Crippen molar-refractivity contribution < 1.29 is 9.53 Å². The highest BCUT2D eigenvalue weighted by Crippen LogP contribution is 2.37. The first-order valence-corrected chi connectivity index (χ1v) is 8.25. The fourth-order valence-electron chi connectivity index (χ4n) is 2.45. The Hall–Kier alpha value is -1.08. The van der Waals surface area contributed by atoms with E-state index >= 15 is 0 Å². The van der Waals surface area contributed by atoms with Crippen molar-refractivity contribution in [1.82, 2.24) is 20.1 Å². The number of amides is 1. The number of hydrogen-bond acceptors (Lipinski definition) is 5. The highest BCUT2D eigenvalue weighted by molar-refractivity contribution is 7.99. The third kappa shape index (κ3) is 2.98. The number of aromatic amines is 1. The lowest BCUT2D eigenvalue weighted by molar-refractivity contribution is 0.0613. The number of aromatic nitrogens is 3. The molecule has 7 heteroatoms. The van der Waals surface area contributed by atoms with Gasteiger partial charge in [0, 0.05) is 31.4 Å². The lowest BCUT2D eigenvalue weighted by atomic mass is 10.2. The van der Waals surface area contributed by atoms with Gasteiger partial charge in [0.05, 0.1) is 6.61 Å². The van der Waals surface area contributed by atoms with Crippen LogP contribution in [0.5, 0.6) is 0 Å². The van der Waals surface area contributed by atoms with Crippen molar-refractivity contribution in [3.05, 3.63) is 11.6 Å². The minimum absolute atomic E-state index is 0.0716. The van der Waals surface area contributed by atoms with Gasteiger partial charge in [0.25, 0.3) is 5.91 Å². The third-order valence-electron chi connectivity index (χ3n) is 3.80. The van der Waals surface area contributed by atoms with Crippen molar-refractivity contribution in [3.63, 3.8) is 0 Å². The topological polar surface area (TPSA) is 71.1 Å². The predicted molar refractivity (Wildman–Crippen MR) is 77.0 cm³/mol. The van der Waals surface area contributed by atoms with E-state index in [-0.39, 0.29) is 11.9 Å². The standard InChI is InChI=1S/C13H20N4O2S/c1-19-6-5-17(10-4-7-20-8-10)13(18)12-14-11(15-16-12)9-2-3-9/h9-10H,2-8H2,1H3,(H,14,15,16). The quantitative estimate of drug-likeness (QED) is 0.856. The lowest BCUT2D eigenvalue weighted by Gasteiger charge is -2.27. The molecule has 1 unspecified atom stereocenters. The molecule has 0 bridgehead atoms. The van der Waals surface area contributed by atoms with E-state index < -0.39 is 0 Å². The highest BCUT2D eigenvalue weighted by atomic mass is 32.2. The van der Waals surface area contributed by atoms with Crippen LogP contribution in [-0.4, -0.2) is 63.8 Å². The summed E-state index contributed by atoms with van der Waals surface area (Å²) in [4.78, 5) is 18.9. The maximum Gasteiger partial charge on any atom is 0.293 e. The van der Waals surface area contributed by atoms with E-state index in [1.165, 1.54) is 0 Å². The second-order valence-electron chi connectivity index (χ2n) is 5.33. The van der Waals surface area contributed by atoms with Gasteiger partial charge in [-0.25, -0.2) is 4.98 Å². The van der Waals surface area contributed by atoms with Crippen LogP contribution in [0.4, 0.5) is 0 Å². The van der Waals surface area contributed by atoms with Crippen molar-refractivity contribution in [2.75, 3.05) is 31.8 Å². The summed E-state index contributed by atoms with van der Waals surface area (Å²) in [5, 5.41) is 7.01. The number of nitrogens with zero attached hydrogens (tertiary/aromatic N) is 3. The van der Waals surface area contributed by atoms with Crippen molar-refractivity contribution in [2.45, 2.75) is 31.2 Å². The van der Waals surface area contributed by atoms with E-state index in [9.17, 15) is 4.79 Å². The monoisotopic (exact) mass is 296 g/mol. The number of carbonyl (C=O) groups excluding carboxylic acids is 1. The summed E-state index contributed by atoms with van der Waals surface area (Å²) in [6, 6.07) is 0.283. The minimum atomic E-state index is -0.0716. The van der Waals surface area contributed by atoms with Gasteiger partial charge in [-0.3, -0.25) is 9.89 Å². The number of carbonyl (C=O) groups is 1. The normalized spacial score (nSPS) is 22.1. The molecule has 1 aromatic rings. The van der Waals surface area contributed by atoms with Crippen LogP contribution in [0.25, 0.3) is 0 Å². The maximum absolute atomic E-state index is 12.6. The molecule has 0 aromatic carbocycles. The zero-order chi connectivity index (χ0) is 13.9. The summed E-state index contributed by atoms with van der Waals surface area (Å²) in [6.45, 7) is 1.15. The van der Waals surface area contributed by atoms with Crippen molar-refractivity contribution in [1.29, 1.82) is 0 Å². The molecule has 0 spiro atoms. The Labute approximate surface area is 122 Å². The molecule has 6 nitrogen and oxygen atoms in total. The Morgan fingerprint density at radius 1 is 1.50 bits per heavy atom. The SMILES string of the molecule is COCCN(C(=O)c1n[nH]c(C2CC2)n1)C1CCSC1. The summed E-state index contributed by atoms with van der Waals surface area (Å²) in [7, 11) is 1.66.